The lowest BCUT2D eigenvalue weighted by atomic mass is 10.1. The molecular weight excluding hydrogens is 478 g/mol. The topological polar surface area (TPSA) is 73.9 Å². The van der Waals surface area contributed by atoms with Crippen LogP contribution in [0.2, 0.25) is 0 Å². The molecule has 2 aromatic rings. The number of amides is 1. The number of halogens is 4. The van der Waals surface area contributed by atoms with E-state index in [9.17, 15) is 22.5 Å². The molecule has 0 spiro atoms. The Hall–Kier alpha value is -1.87. The molecule has 0 saturated heterocycles. The molecular formula is C18H18BrF3NO5P. The molecule has 0 aliphatic heterocycles. The molecule has 0 radical (unpaired) electrons. The van der Waals surface area contributed by atoms with Gasteiger partial charge in [-0.25, -0.2) is 4.57 Å². The Morgan fingerprint density at radius 3 is 2.17 bits per heavy atom. The molecule has 0 saturated carbocycles. The van der Waals surface area contributed by atoms with Gasteiger partial charge in [-0.3, -0.25) is 13.8 Å². The van der Waals surface area contributed by atoms with Crippen LogP contribution in [0, 0.1) is 0 Å². The average Bonchev–Trinajstić information content (AvgIpc) is 2.63. The fraction of sp³-hybridized carbons (Fsp3) is 0.278. The van der Waals surface area contributed by atoms with Gasteiger partial charge in [0, 0.05) is 10.2 Å². The Bertz CT molecular complexity index is 895. The van der Waals surface area contributed by atoms with Crippen LogP contribution in [-0.2, 0) is 19.8 Å². The van der Waals surface area contributed by atoms with Crippen LogP contribution >= 0.6 is 23.8 Å². The maximum Gasteiger partial charge on any atom is 0.530 e. The van der Waals surface area contributed by atoms with Crippen molar-refractivity contribution in [1.82, 2.24) is 0 Å². The number of phosphoric ester groups is 1. The van der Waals surface area contributed by atoms with Gasteiger partial charge in [0.25, 0.3) is 5.91 Å². The SMILES string of the molecule is CCOP(=O)(OCC)Oc1ccc(Br)cc1C(=O)Nc1ccc(C(F)(F)F)cc1. The Labute approximate surface area is 174 Å². The normalized spacial score (nSPS) is 11.9. The maximum absolute atomic E-state index is 12.7. The summed E-state index contributed by atoms with van der Waals surface area (Å²) >= 11 is 3.23. The van der Waals surface area contributed by atoms with Crippen LogP contribution in [0.5, 0.6) is 5.75 Å². The third-order valence-electron chi connectivity index (χ3n) is 3.44. The van der Waals surface area contributed by atoms with E-state index in [0.29, 0.717) is 4.47 Å². The van der Waals surface area contributed by atoms with E-state index in [1.165, 1.54) is 12.1 Å². The van der Waals surface area contributed by atoms with E-state index in [1.807, 2.05) is 0 Å². The Kier molecular flexibility index (Phi) is 7.87. The Morgan fingerprint density at radius 2 is 1.66 bits per heavy atom. The van der Waals surface area contributed by atoms with Gasteiger partial charge in [-0.2, -0.15) is 13.2 Å². The van der Waals surface area contributed by atoms with Gasteiger partial charge < -0.3 is 9.84 Å². The van der Waals surface area contributed by atoms with Gasteiger partial charge in [-0.1, -0.05) is 15.9 Å². The highest BCUT2D eigenvalue weighted by atomic mass is 79.9. The van der Waals surface area contributed by atoms with Gasteiger partial charge in [-0.05, 0) is 56.3 Å². The van der Waals surface area contributed by atoms with Crippen molar-refractivity contribution in [2.75, 3.05) is 18.5 Å². The minimum atomic E-state index is -4.48. The number of alkyl halides is 3. The lowest BCUT2D eigenvalue weighted by Crippen LogP contribution is -2.14. The van der Waals surface area contributed by atoms with Crippen LogP contribution in [-0.4, -0.2) is 19.1 Å². The highest BCUT2D eigenvalue weighted by Gasteiger charge is 2.31. The lowest BCUT2D eigenvalue weighted by molar-refractivity contribution is -0.137. The van der Waals surface area contributed by atoms with Crippen molar-refractivity contribution in [2.45, 2.75) is 20.0 Å². The second kappa shape index (κ2) is 9.75. The smallest absolute Gasteiger partial charge is 0.403 e. The summed E-state index contributed by atoms with van der Waals surface area (Å²) in [7, 11) is -3.95. The van der Waals surface area contributed by atoms with E-state index in [0.717, 1.165) is 24.3 Å². The average molecular weight is 496 g/mol. The zero-order chi connectivity index (χ0) is 21.7. The number of nitrogens with one attached hydrogen (secondary N) is 1. The van der Waals surface area contributed by atoms with Gasteiger partial charge in [0.05, 0.1) is 24.3 Å². The molecule has 29 heavy (non-hydrogen) atoms. The first-order chi connectivity index (χ1) is 13.6. The Morgan fingerprint density at radius 1 is 1.07 bits per heavy atom. The van der Waals surface area contributed by atoms with Crippen molar-refractivity contribution in [2.24, 2.45) is 0 Å². The number of phosphoric acid groups is 1. The molecule has 0 bridgehead atoms. The number of carbonyl (C=O) groups is 1. The van der Waals surface area contributed by atoms with Gasteiger partial charge in [-0.15, -0.1) is 0 Å². The van der Waals surface area contributed by atoms with Crippen molar-refractivity contribution >= 4 is 35.3 Å². The second-order valence-electron chi connectivity index (χ2n) is 5.54. The standard InChI is InChI=1S/C18H18BrF3NO5P/c1-3-26-29(25,27-4-2)28-16-10-7-13(19)11-15(16)17(24)23-14-8-5-12(6-9-14)18(20,21)22/h5-11H,3-4H2,1-2H3,(H,23,24). The molecule has 11 heteroatoms. The first-order valence-electron chi connectivity index (χ1n) is 8.45. The minimum Gasteiger partial charge on any atom is -0.403 e. The molecule has 1 N–H and O–H groups in total. The summed E-state index contributed by atoms with van der Waals surface area (Å²) in [6, 6.07) is 8.34. The van der Waals surface area contributed by atoms with Gasteiger partial charge in [0.1, 0.15) is 5.75 Å². The molecule has 6 nitrogen and oxygen atoms in total. The van der Waals surface area contributed by atoms with Crippen molar-refractivity contribution in [1.29, 1.82) is 0 Å². The van der Waals surface area contributed by atoms with E-state index < -0.39 is 25.5 Å². The minimum absolute atomic E-state index is 0.0149. The van der Waals surface area contributed by atoms with Gasteiger partial charge >= 0.3 is 14.0 Å². The summed E-state index contributed by atoms with van der Waals surface area (Å²) in [6.07, 6.45) is -4.48. The first-order valence-corrected chi connectivity index (χ1v) is 10.7. The van der Waals surface area contributed by atoms with Crippen molar-refractivity contribution in [3.8, 4) is 5.75 Å². The second-order valence-corrected chi connectivity index (χ2v) is 8.05. The molecule has 2 aromatic carbocycles. The molecule has 2 rings (SSSR count). The summed E-state index contributed by atoms with van der Waals surface area (Å²) < 4.78 is 66.7. The maximum atomic E-state index is 12.7. The summed E-state index contributed by atoms with van der Waals surface area (Å²) in [6.45, 7) is 3.32. The van der Waals surface area contributed by atoms with Crippen LogP contribution in [0.15, 0.2) is 46.9 Å². The number of benzene rings is 2. The fourth-order valence-corrected chi connectivity index (χ4v) is 3.80. The number of hydrogen-bond acceptors (Lipinski definition) is 5. The predicted molar refractivity (Wildman–Crippen MR) is 105 cm³/mol. The van der Waals surface area contributed by atoms with E-state index in [4.69, 9.17) is 13.6 Å². The molecule has 1 amide bonds. The molecule has 0 aliphatic rings. The van der Waals surface area contributed by atoms with Crippen LogP contribution in [0.3, 0.4) is 0 Å². The molecule has 0 atom stereocenters. The van der Waals surface area contributed by atoms with Crippen LogP contribution < -0.4 is 9.84 Å². The molecule has 0 fully saturated rings. The molecule has 158 valence electrons. The highest BCUT2D eigenvalue weighted by molar-refractivity contribution is 9.10. The van der Waals surface area contributed by atoms with Crippen LogP contribution in [0.1, 0.15) is 29.8 Å². The number of rotatable bonds is 8. The summed E-state index contributed by atoms with van der Waals surface area (Å²) in [5.41, 5.74) is -0.707. The molecule has 0 aliphatic carbocycles. The van der Waals surface area contributed by atoms with Crippen molar-refractivity contribution < 1.29 is 36.1 Å². The van der Waals surface area contributed by atoms with Crippen molar-refractivity contribution in [3.63, 3.8) is 0 Å². The highest BCUT2D eigenvalue weighted by Crippen LogP contribution is 2.50. The first kappa shape index (κ1) is 23.4. The predicted octanol–water partition coefficient (Wildman–Crippen LogP) is 6.28. The van der Waals surface area contributed by atoms with E-state index in [-0.39, 0.29) is 30.2 Å². The number of hydrogen-bond donors (Lipinski definition) is 1. The monoisotopic (exact) mass is 495 g/mol. The molecule has 0 unspecified atom stereocenters. The van der Waals surface area contributed by atoms with Crippen LogP contribution in [0.4, 0.5) is 18.9 Å². The lowest BCUT2D eigenvalue weighted by Gasteiger charge is -2.19. The summed E-state index contributed by atoms with van der Waals surface area (Å²) in [5.74, 6) is -0.747. The van der Waals surface area contributed by atoms with Gasteiger partial charge in [0.2, 0.25) is 0 Å². The fourth-order valence-electron chi connectivity index (χ4n) is 2.23. The van der Waals surface area contributed by atoms with Gasteiger partial charge in [0.15, 0.2) is 0 Å². The summed E-state index contributed by atoms with van der Waals surface area (Å²) in [4.78, 5) is 12.7. The third-order valence-corrected chi connectivity index (χ3v) is 5.50. The zero-order valence-electron chi connectivity index (χ0n) is 15.5. The summed E-state index contributed by atoms with van der Waals surface area (Å²) in [5, 5.41) is 2.48. The Balaban J connectivity index is 2.28. The van der Waals surface area contributed by atoms with Crippen molar-refractivity contribution in [3.05, 3.63) is 58.1 Å². The molecule has 0 heterocycles. The quantitative estimate of drug-likeness (QED) is 0.436. The zero-order valence-corrected chi connectivity index (χ0v) is 17.9. The van der Waals surface area contributed by atoms with E-state index in [2.05, 4.69) is 21.2 Å². The van der Waals surface area contributed by atoms with Crippen LogP contribution in [0.25, 0.3) is 0 Å². The molecule has 0 aromatic heterocycles. The van der Waals surface area contributed by atoms with E-state index >= 15 is 0 Å². The largest absolute Gasteiger partial charge is 0.530 e. The number of anilines is 1. The third kappa shape index (κ3) is 6.57. The number of carbonyl (C=O) groups excluding carboxylic acids is 1. The van der Waals surface area contributed by atoms with E-state index in [1.54, 1.807) is 19.9 Å².